The van der Waals surface area contributed by atoms with Crippen molar-refractivity contribution in [3.63, 3.8) is 0 Å². The molecule has 5 nitrogen and oxygen atoms in total. The van der Waals surface area contributed by atoms with Gasteiger partial charge >= 0.3 is 0 Å². The minimum atomic E-state index is 0.0863. The molecule has 148 valence electrons. The third-order valence-corrected chi connectivity index (χ3v) is 5.80. The molecule has 1 N–H and O–H groups in total. The summed E-state index contributed by atoms with van der Waals surface area (Å²) in [4.78, 5) is 29.2. The van der Waals surface area contributed by atoms with Gasteiger partial charge in [0.2, 0.25) is 11.8 Å². The molecule has 2 aliphatic rings. The molecule has 2 amide bonds. The molecule has 3 rings (SSSR count). The van der Waals surface area contributed by atoms with Gasteiger partial charge in [-0.25, -0.2) is 0 Å². The largest absolute Gasteiger partial charge is 0.355 e. The van der Waals surface area contributed by atoms with Crippen LogP contribution in [0.3, 0.4) is 0 Å². The molecule has 1 aromatic rings. The summed E-state index contributed by atoms with van der Waals surface area (Å²) >= 11 is 0. The monoisotopic (exact) mass is 371 g/mol. The van der Waals surface area contributed by atoms with Crippen molar-refractivity contribution in [2.75, 3.05) is 39.3 Å². The lowest BCUT2D eigenvalue weighted by atomic mass is 9.95. The highest BCUT2D eigenvalue weighted by atomic mass is 16.2. The number of carbonyl (C=O) groups excluding carboxylic acids is 2. The third-order valence-electron chi connectivity index (χ3n) is 5.80. The van der Waals surface area contributed by atoms with Crippen LogP contribution in [0.5, 0.6) is 0 Å². The predicted octanol–water partition coefficient (Wildman–Crippen LogP) is 2.46. The zero-order chi connectivity index (χ0) is 18.9. The van der Waals surface area contributed by atoms with Crippen LogP contribution in [-0.4, -0.2) is 60.9 Å². The van der Waals surface area contributed by atoms with Crippen molar-refractivity contribution < 1.29 is 9.59 Å². The van der Waals surface area contributed by atoms with Crippen molar-refractivity contribution in [2.45, 2.75) is 44.9 Å². The maximum atomic E-state index is 12.7. The van der Waals surface area contributed by atoms with Crippen LogP contribution in [0.1, 0.15) is 44.1 Å². The first-order valence-electron chi connectivity index (χ1n) is 10.5. The van der Waals surface area contributed by atoms with Crippen LogP contribution in [0.25, 0.3) is 0 Å². The molecule has 1 aromatic carbocycles. The van der Waals surface area contributed by atoms with Crippen LogP contribution in [-0.2, 0) is 16.0 Å². The number of hydrogen-bond donors (Lipinski definition) is 1. The van der Waals surface area contributed by atoms with Crippen LogP contribution in [0.4, 0.5) is 0 Å². The van der Waals surface area contributed by atoms with E-state index < -0.39 is 0 Å². The van der Waals surface area contributed by atoms with Gasteiger partial charge in [0, 0.05) is 25.6 Å². The summed E-state index contributed by atoms with van der Waals surface area (Å²) in [5.74, 6) is 0.590. The third kappa shape index (κ3) is 6.35. The molecule has 5 heteroatoms. The van der Waals surface area contributed by atoms with Crippen LogP contribution >= 0.6 is 0 Å². The summed E-state index contributed by atoms with van der Waals surface area (Å²) < 4.78 is 0. The zero-order valence-corrected chi connectivity index (χ0v) is 16.4. The molecule has 2 aliphatic heterocycles. The summed E-state index contributed by atoms with van der Waals surface area (Å²) in [7, 11) is 0. The fraction of sp³-hybridized carbons (Fsp3) is 0.636. The molecule has 0 saturated carbocycles. The van der Waals surface area contributed by atoms with Crippen LogP contribution in [0, 0.1) is 5.92 Å². The van der Waals surface area contributed by atoms with Crippen molar-refractivity contribution in [3.8, 4) is 0 Å². The average Bonchev–Trinajstić information content (AvgIpc) is 2.98. The Kier molecular flexibility index (Phi) is 7.69. The van der Waals surface area contributed by atoms with E-state index in [1.54, 1.807) is 0 Å². The lowest BCUT2D eigenvalue weighted by Gasteiger charge is -2.33. The van der Waals surface area contributed by atoms with E-state index in [0.717, 1.165) is 58.3 Å². The van der Waals surface area contributed by atoms with Gasteiger partial charge in [0.15, 0.2) is 0 Å². The van der Waals surface area contributed by atoms with Crippen molar-refractivity contribution in [3.05, 3.63) is 35.9 Å². The standard InChI is InChI=1S/C22H33N3O2/c26-21(23-13-10-19-8-4-3-5-9-19)18-24-16-11-20(12-17-24)22(27)25-14-6-1-2-7-15-25/h3-5,8-9,20H,1-2,6-7,10-18H2,(H,23,26). The summed E-state index contributed by atoms with van der Waals surface area (Å²) in [5.41, 5.74) is 1.24. The van der Waals surface area contributed by atoms with E-state index in [-0.39, 0.29) is 11.8 Å². The molecule has 0 unspecified atom stereocenters. The number of nitrogens with one attached hydrogen (secondary N) is 1. The van der Waals surface area contributed by atoms with Crippen LogP contribution in [0.15, 0.2) is 30.3 Å². The molecule has 0 atom stereocenters. The van der Waals surface area contributed by atoms with Gasteiger partial charge in [-0.15, -0.1) is 0 Å². The Hall–Kier alpha value is -1.88. The summed E-state index contributed by atoms with van der Waals surface area (Å²) in [5, 5.41) is 3.02. The number of carbonyl (C=O) groups is 2. The highest BCUT2D eigenvalue weighted by Gasteiger charge is 2.29. The predicted molar refractivity (Wildman–Crippen MR) is 107 cm³/mol. The van der Waals surface area contributed by atoms with E-state index in [1.807, 2.05) is 18.2 Å². The van der Waals surface area contributed by atoms with Crippen LogP contribution < -0.4 is 5.32 Å². The van der Waals surface area contributed by atoms with Crippen molar-refractivity contribution in [2.24, 2.45) is 5.92 Å². The number of likely N-dealkylation sites (tertiary alicyclic amines) is 2. The topological polar surface area (TPSA) is 52.7 Å². The first kappa shape index (κ1) is 19.9. The molecule has 2 fully saturated rings. The van der Waals surface area contributed by atoms with E-state index in [4.69, 9.17) is 0 Å². The summed E-state index contributed by atoms with van der Waals surface area (Å²) in [6.07, 6.45) is 7.42. The second-order valence-corrected chi connectivity index (χ2v) is 7.88. The first-order valence-corrected chi connectivity index (χ1v) is 10.5. The molecular weight excluding hydrogens is 338 g/mol. The van der Waals surface area contributed by atoms with E-state index in [9.17, 15) is 9.59 Å². The Balaban J connectivity index is 1.33. The Bertz CT molecular complexity index is 589. The maximum Gasteiger partial charge on any atom is 0.234 e. The molecule has 0 aliphatic carbocycles. The SMILES string of the molecule is O=C(CN1CCC(C(=O)N2CCCCCC2)CC1)NCCc1ccccc1. The van der Waals surface area contributed by atoms with E-state index in [0.29, 0.717) is 19.0 Å². The molecule has 0 bridgehead atoms. The number of piperidine rings is 1. The van der Waals surface area contributed by atoms with Gasteiger partial charge in [0.1, 0.15) is 0 Å². The van der Waals surface area contributed by atoms with Gasteiger partial charge in [0.25, 0.3) is 0 Å². The normalized spacial score (nSPS) is 19.5. The van der Waals surface area contributed by atoms with Crippen molar-refractivity contribution in [1.29, 1.82) is 0 Å². The molecule has 2 saturated heterocycles. The van der Waals surface area contributed by atoms with Gasteiger partial charge < -0.3 is 10.2 Å². The Morgan fingerprint density at radius 1 is 0.926 bits per heavy atom. The number of hydrogen-bond acceptors (Lipinski definition) is 3. The Morgan fingerprint density at radius 3 is 2.26 bits per heavy atom. The smallest absolute Gasteiger partial charge is 0.234 e. The van der Waals surface area contributed by atoms with Gasteiger partial charge in [0.05, 0.1) is 6.54 Å². The fourth-order valence-corrected chi connectivity index (χ4v) is 4.14. The number of nitrogens with zero attached hydrogens (tertiary/aromatic N) is 2. The van der Waals surface area contributed by atoms with E-state index >= 15 is 0 Å². The van der Waals surface area contributed by atoms with Gasteiger partial charge in [-0.05, 0) is 50.8 Å². The van der Waals surface area contributed by atoms with Crippen molar-refractivity contribution in [1.82, 2.24) is 15.1 Å². The second kappa shape index (κ2) is 10.5. The Morgan fingerprint density at radius 2 is 1.59 bits per heavy atom. The van der Waals surface area contributed by atoms with Gasteiger partial charge in [-0.2, -0.15) is 0 Å². The highest BCUT2D eigenvalue weighted by molar-refractivity contribution is 5.79. The second-order valence-electron chi connectivity index (χ2n) is 7.88. The molecular formula is C22H33N3O2. The molecule has 0 aromatic heterocycles. The first-order chi connectivity index (χ1) is 13.2. The zero-order valence-electron chi connectivity index (χ0n) is 16.4. The molecule has 27 heavy (non-hydrogen) atoms. The molecule has 2 heterocycles. The van der Waals surface area contributed by atoms with Gasteiger partial charge in [-0.3, -0.25) is 14.5 Å². The summed E-state index contributed by atoms with van der Waals surface area (Å²) in [6.45, 7) is 4.67. The van der Waals surface area contributed by atoms with E-state index in [2.05, 4.69) is 27.2 Å². The lowest BCUT2D eigenvalue weighted by Crippen LogP contribution is -2.45. The van der Waals surface area contributed by atoms with Crippen LogP contribution in [0.2, 0.25) is 0 Å². The minimum absolute atomic E-state index is 0.0863. The summed E-state index contributed by atoms with van der Waals surface area (Å²) in [6, 6.07) is 10.2. The molecule has 0 spiro atoms. The van der Waals surface area contributed by atoms with E-state index in [1.165, 1.54) is 18.4 Å². The molecule has 0 radical (unpaired) electrons. The quantitative estimate of drug-likeness (QED) is 0.836. The van der Waals surface area contributed by atoms with Crippen molar-refractivity contribution >= 4 is 11.8 Å². The Labute approximate surface area is 163 Å². The minimum Gasteiger partial charge on any atom is -0.355 e. The lowest BCUT2D eigenvalue weighted by molar-refractivity contribution is -0.137. The number of rotatable bonds is 6. The van der Waals surface area contributed by atoms with Gasteiger partial charge in [-0.1, -0.05) is 43.2 Å². The number of amides is 2. The maximum absolute atomic E-state index is 12.7. The highest BCUT2D eigenvalue weighted by Crippen LogP contribution is 2.21. The average molecular weight is 372 g/mol. The fourth-order valence-electron chi connectivity index (χ4n) is 4.14. The number of benzene rings is 1.